The number of nitrogens with zero attached hydrogens (tertiary/aromatic N) is 4. The van der Waals surface area contributed by atoms with E-state index in [4.69, 9.17) is 20.6 Å². The highest BCUT2D eigenvalue weighted by molar-refractivity contribution is 7.12. The molecule has 3 heterocycles. The predicted octanol–water partition coefficient (Wildman–Crippen LogP) is 2.55. The summed E-state index contributed by atoms with van der Waals surface area (Å²) >= 11 is 0.543. The second kappa shape index (κ2) is 12.1. The molecule has 0 aliphatic rings. The average molecular weight is 607 g/mol. The topological polar surface area (TPSA) is 200 Å². The average Bonchev–Trinajstić information content (AvgIpc) is 3.58. The summed E-state index contributed by atoms with van der Waals surface area (Å²) in [5, 5.41) is 15.0. The monoisotopic (exact) mass is 606 g/mol. The summed E-state index contributed by atoms with van der Waals surface area (Å²) in [5.41, 5.74) is 7.10. The Morgan fingerprint density at radius 1 is 1.24 bits per heavy atom. The van der Waals surface area contributed by atoms with Gasteiger partial charge in [-0.3, -0.25) is 10.4 Å². The number of aromatic amines is 1. The van der Waals surface area contributed by atoms with Crippen molar-refractivity contribution in [2.24, 2.45) is 5.73 Å². The minimum atomic E-state index is -5.41. The molecule has 1 unspecified atom stereocenters. The van der Waals surface area contributed by atoms with Crippen molar-refractivity contribution in [3.05, 3.63) is 74.4 Å². The van der Waals surface area contributed by atoms with E-state index in [0.717, 1.165) is 5.51 Å². The number of nitrogens with one attached hydrogen (secondary N) is 3. The van der Waals surface area contributed by atoms with E-state index in [-0.39, 0.29) is 29.9 Å². The van der Waals surface area contributed by atoms with Crippen molar-refractivity contribution in [3.63, 3.8) is 0 Å². The number of methoxy groups -OCH3 is 1. The number of pyridine rings is 1. The van der Waals surface area contributed by atoms with E-state index < -0.39 is 40.5 Å². The molecular formula is C24H21F3N8O6S. The van der Waals surface area contributed by atoms with Crippen LogP contribution in [0.2, 0.25) is 0 Å². The Bertz CT molecular complexity index is 1680. The summed E-state index contributed by atoms with van der Waals surface area (Å²) in [6.45, 7) is 2.05. The van der Waals surface area contributed by atoms with Crippen molar-refractivity contribution in [1.29, 1.82) is 5.41 Å². The van der Waals surface area contributed by atoms with E-state index >= 15 is 0 Å². The van der Waals surface area contributed by atoms with Crippen molar-refractivity contribution in [2.75, 3.05) is 19.0 Å². The Hall–Kier alpha value is -5.26. The number of benzene rings is 1. The summed E-state index contributed by atoms with van der Waals surface area (Å²) in [4.78, 5) is 46.5. The first kappa shape index (κ1) is 29.7. The van der Waals surface area contributed by atoms with Gasteiger partial charge in [0.25, 0.3) is 5.88 Å². The molecule has 3 aromatic heterocycles. The molecule has 14 nitrogen and oxygen atoms in total. The molecule has 1 atom stereocenters. The van der Waals surface area contributed by atoms with Crippen LogP contribution in [0.4, 0.5) is 18.9 Å². The number of hydrogen-bond donors (Lipinski definition) is 4. The lowest BCUT2D eigenvalue weighted by molar-refractivity contribution is -0.193. The second-order valence-electron chi connectivity index (χ2n) is 8.18. The summed E-state index contributed by atoms with van der Waals surface area (Å²) in [7, 11) is 1.41. The normalized spacial score (nSPS) is 11.9. The van der Waals surface area contributed by atoms with Gasteiger partial charge in [-0.05, 0) is 37.3 Å². The first-order valence-corrected chi connectivity index (χ1v) is 12.6. The highest BCUT2D eigenvalue weighted by atomic mass is 32.1. The minimum absolute atomic E-state index is 0.0243. The van der Waals surface area contributed by atoms with Gasteiger partial charge >= 0.3 is 23.8 Å². The van der Waals surface area contributed by atoms with Gasteiger partial charge in [-0.2, -0.15) is 17.9 Å². The zero-order valence-corrected chi connectivity index (χ0v) is 22.5. The highest BCUT2D eigenvalue weighted by Crippen LogP contribution is 2.32. The van der Waals surface area contributed by atoms with Gasteiger partial charge in [0.2, 0.25) is 0 Å². The largest absolute Gasteiger partial charge is 0.491 e. The van der Waals surface area contributed by atoms with Crippen molar-refractivity contribution in [1.82, 2.24) is 24.7 Å². The number of nitrogen functional groups attached to an aromatic ring is 1. The summed E-state index contributed by atoms with van der Waals surface area (Å²) in [6, 6.07) is 7.12. The molecule has 1 aromatic carbocycles. The lowest BCUT2D eigenvalue weighted by Gasteiger charge is -2.19. The zero-order valence-electron chi connectivity index (χ0n) is 21.7. The number of carbonyl (C=O) groups is 2. The molecule has 0 fully saturated rings. The third-order valence-electron chi connectivity index (χ3n) is 5.43. The molecule has 0 saturated carbocycles. The molecule has 4 rings (SSSR count). The number of rotatable bonds is 10. The molecule has 0 radical (unpaired) electrons. The fourth-order valence-electron chi connectivity index (χ4n) is 3.57. The molecule has 4 aromatic rings. The van der Waals surface area contributed by atoms with E-state index in [1.807, 2.05) is 0 Å². The van der Waals surface area contributed by atoms with Crippen LogP contribution in [0.15, 0.2) is 46.8 Å². The number of ether oxygens (including phenoxy) is 3. The maximum Gasteiger partial charge on any atom is 0.491 e. The van der Waals surface area contributed by atoms with Gasteiger partial charge < -0.3 is 25.3 Å². The number of anilines is 1. The molecule has 0 saturated heterocycles. The number of hydrogen-bond acceptors (Lipinski definition) is 12. The molecule has 0 aliphatic carbocycles. The van der Waals surface area contributed by atoms with Gasteiger partial charge in [0.1, 0.15) is 11.9 Å². The Kier molecular flexibility index (Phi) is 8.55. The second-order valence-corrected chi connectivity index (χ2v) is 9.04. The molecule has 0 amide bonds. The van der Waals surface area contributed by atoms with Crippen LogP contribution < -0.4 is 26.2 Å². The lowest BCUT2D eigenvalue weighted by Crippen LogP contribution is -2.28. The van der Waals surface area contributed by atoms with Gasteiger partial charge in [-0.1, -0.05) is 0 Å². The van der Waals surface area contributed by atoms with Crippen molar-refractivity contribution in [3.8, 4) is 17.4 Å². The van der Waals surface area contributed by atoms with E-state index in [1.165, 1.54) is 13.3 Å². The molecular weight excluding hydrogens is 585 g/mol. The van der Waals surface area contributed by atoms with Crippen LogP contribution in [0.3, 0.4) is 0 Å². The van der Waals surface area contributed by atoms with E-state index in [1.54, 1.807) is 37.3 Å². The first-order chi connectivity index (χ1) is 19.9. The molecule has 0 aliphatic heterocycles. The molecule has 220 valence electrons. The van der Waals surface area contributed by atoms with Crippen LogP contribution in [0.5, 0.6) is 11.6 Å². The number of nitrogens with two attached hydrogens (primary N) is 1. The number of H-pyrrole nitrogens is 1. The van der Waals surface area contributed by atoms with Crippen molar-refractivity contribution in [2.45, 2.75) is 19.1 Å². The number of esters is 2. The smallest absolute Gasteiger partial charge is 0.488 e. The summed E-state index contributed by atoms with van der Waals surface area (Å²) < 4.78 is 53.2. The lowest BCUT2D eigenvalue weighted by atomic mass is 10.1. The summed E-state index contributed by atoms with van der Waals surface area (Å²) in [6.07, 6.45) is -3.97. The summed E-state index contributed by atoms with van der Waals surface area (Å²) in [5.74, 6) is -4.52. The highest BCUT2D eigenvalue weighted by Gasteiger charge is 2.43. The van der Waals surface area contributed by atoms with Crippen LogP contribution in [0.25, 0.3) is 5.82 Å². The number of alkyl halides is 3. The van der Waals surface area contributed by atoms with Gasteiger partial charge in [-0.15, -0.1) is 16.4 Å². The quantitative estimate of drug-likeness (QED) is 0.0895. The van der Waals surface area contributed by atoms with E-state index in [2.05, 4.69) is 30.1 Å². The van der Waals surface area contributed by atoms with Crippen molar-refractivity contribution < 1.29 is 37.0 Å². The Labute approximate surface area is 237 Å². The van der Waals surface area contributed by atoms with Gasteiger partial charge in [0, 0.05) is 23.0 Å². The maximum absolute atomic E-state index is 13.0. The molecule has 5 N–H and O–H groups in total. The predicted molar refractivity (Wildman–Crippen MR) is 141 cm³/mol. The van der Waals surface area contributed by atoms with Gasteiger partial charge in [-0.25, -0.2) is 24.4 Å². The SMILES string of the molecule is CCOc1cc(C(Nc2ccc(C(=N)N)cc2)c2nn(-c3ncsc3C(=O)OC(=O)C(F)(F)F)c(=O)[nH]2)cnc1OC. The van der Waals surface area contributed by atoms with Crippen LogP contribution in [0, 0.1) is 5.41 Å². The maximum atomic E-state index is 13.0. The van der Waals surface area contributed by atoms with Crippen LogP contribution in [-0.2, 0) is 9.53 Å². The van der Waals surface area contributed by atoms with Crippen LogP contribution in [0.1, 0.15) is 39.6 Å². The molecule has 0 spiro atoms. The third-order valence-corrected chi connectivity index (χ3v) is 6.23. The number of aromatic nitrogens is 5. The number of amidine groups is 1. The number of halogens is 3. The number of carbonyl (C=O) groups excluding carboxylic acids is 2. The third kappa shape index (κ3) is 6.38. The van der Waals surface area contributed by atoms with E-state index in [0.29, 0.717) is 32.8 Å². The molecule has 0 bridgehead atoms. The Morgan fingerprint density at radius 3 is 2.57 bits per heavy atom. The van der Waals surface area contributed by atoms with Crippen LogP contribution >= 0.6 is 11.3 Å². The Balaban J connectivity index is 1.76. The van der Waals surface area contributed by atoms with Crippen LogP contribution in [-0.4, -0.2) is 62.4 Å². The Morgan fingerprint density at radius 2 is 1.95 bits per heavy atom. The van der Waals surface area contributed by atoms with E-state index in [9.17, 15) is 27.6 Å². The minimum Gasteiger partial charge on any atom is -0.488 e. The van der Waals surface area contributed by atoms with Gasteiger partial charge in [0.15, 0.2) is 22.3 Å². The molecule has 42 heavy (non-hydrogen) atoms. The zero-order chi connectivity index (χ0) is 30.6. The molecule has 18 heteroatoms. The van der Waals surface area contributed by atoms with Gasteiger partial charge in [0.05, 0.1) is 19.2 Å². The van der Waals surface area contributed by atoms with Crippen molar-refractivity contribution >= 4 is 34.8 Å². The number of thiazole rings is 1. The standard InChI is InChI=1S/C24H21F3N8O6S/c1-3-40-14-8-12(9-30-20(14)39-2)15(32-13-6-4-11(5-7-13)17(28)29)18-33-23(38)35(34-18)19-16(42-10-31-19)21(36)41-22(37)24(25,26)27/h4-10,15,32H,3H2,1-2H3,(H3,28,29)(H,33,34,38). The fraction of sp³-hybridized carbons (Fsp3) is 0.208. The fourth-order valence-corrected chi connectivity index (χ4v) is 4.21. The first-order valence-electron chi connectivity index (χ1n) is 11.8.